The fourth-order valence-electron chi connectivity index (χ4n) is 2.20. The van der Waals surface area contributed by atoms with Gasteiger partial charge in [0.2, 0.25) is 0 Å². The van der Waals surface area contributed by atoms with Crippen LogP contribution in [0.4, 0.5) is 17.2 Å². The average Bonchev–Trinajstić information content (AvgIpc) is 2.49. The second kappa shape index (κ2) is 6.11. The number of pyridine rings is 1. The molecule has 0 radical (unpaired) electrons. The van der Waals surface area contributed by atoms with Gasteiger partial charge in [-0.05, 0) is 36.4 Å². The summed E-state index contributed by atoms with van der Waals surface area (Å²) >= 11 is 5.87. The van der Waals surface area contributed by atoms with Crippen LogP contribution in [0.1, 0.15) is 0 Å². The lowest BCUT2D eigenvalue weighted by Gasteiger charge is -2.28. The van der Waals surface area contributed by atoms with Gasteiger partial charge >= 0.3 is 0 Å². The van der Waals surface area contributed by atoms with Crippen molar-refractivity contribution >= 4 is 28.8 Å². The molecule has 1 N–H and O–H groups in total. The standard InChI is InChI=1S/C15H16ClN3O/c16-14-2-1-3-15(18-14)17-12-4-6-13(7-5-12)19-8-10-20-11-9-19/h1-7H,8-11H2,(H,17,18). The Morgan fingerprint density at radius 3 is 2.50 bits per heavy atom. The molecular formula is C15H16ClN3O. The number of nitrogens with zero attached hydrogens (tertiary/aromatic N) is 2. The summed E-state index contributed by atoms with van der Waals surface area (Å²) in [5.74, 6) is 0.747. The quantitative estimate of drug-likeness (QED) is 0.880. The number of aromatic nitrogens is 1. The van der Waals surface area contributed by atoms with Gasteiger partial charge in [-0.25, -0.2) is 4.98 Å². The highest BCUT2D eigenvalue weighted by molar-refractivity contribution is 6.29. The minimum Gasteiger partial charge on any atom is -0.378 e. The van der Waals surface area contributed by atoms with E-state index in [1.54, 1.807) is 6.07 Å². The van der Waals surface area contributed by atoms with Crippen molar-refractivity contribution in [1.29, 1.82) is 0 Å². The molecule has 1 saturated heterocycles. The molecular weight excluding hydrogens is 274 g/mol. The van der Waals surface area contributed by atoms with Gasteiger partial charge in [0.15, 0.2) is 0 Å². The molecule has 3 rings (SSSR count). The number of hydrogen-bond acceptors (Lipinski definition) is 4. The van der Waals surface area contributed by atoms with Crippen LogP contribution in [0.3, 0.4) is 0 Å². The molecule has 0 bridgehead atoms. The number of morpholine rings is 1. The van der Waals surface area contributed by atoms with E-state index in [9.17, 15) is 0 Å². The van der Waals surface area contributed by atoms with E-state index >= 15 is 0 Å². The van der Waals surface area contributed by atoms with E-state index in [0.717, 1.165) is 37.8 Å². The SMILES string of the molecule is Clc1cccc(Nc2ccc(N3CCOCC3)cc2)n1. The first-order valence-electron chi connectivity index (χ1n) is 6.63. The van der Waals surface area contributed by atoms with Crippen molar-refractivity contribution in [2.75, 3.05) is 36.5 Å². The summed E-state index contributed by atoms with van der Waals surface area (Å²) in [4.78, 5) is 6.53. The molecule has 20 heavy (non-hydrogen) atoms. The number of anilines is 3. The van der Waals surface area contributed by atoms with Crippen LogP contribution in [-0.2, 0) is 4.74 Å². The number of nitrogens with one attached hydrogen (secondary N) is 1. The summed E-state index contributed by atoms with van der Waals surface area (Å²) in [6.07, 6.45) is 0. The average molecular weight is 290 g/mol. The monoisotopic (exact) mass is 289 g/mol. The molecule has 4 nitrogen and oxygen atoms in total. The molecule has 0 amide bonds. The molecule has 1 fully saturated rings. The van der Waals surface area contributed by atoms with Crippen LogP contribution < -0.4 is 10.2 Å². The van der Waals surface area contributed by atoms with Crippen LogP contribution in [0.15, 0.2) is 42.5 Å². The van der Waals surface area contributed by atoms with Gasteiger partial charge in [0, 0.05) is 24.5 Å². The lowest BCUT2D eigenvalue weighted by Crippen LogP contribution is -2.36. The number of halogens is 1. The molecule has 0 unspecified atom stereocenters. The van der Waals surface area contributed by atoms with Crippen molar-refractivity contribution in [3.8, 4) is 0 Å². The molecule has 2 heterocycles. The van der Waals surface area contributed by atoms with Crippen LogP contribution >= 0.6 is 11.6 Å². The Balaban J connectivity index is 1.69. The molecule has 0 saturated carbocycles. The maximum Gasteiger partial charge on any atom is 0.132 e. The van der Waals surface area contributed by atoms with Gasteiger partial charge < -0.3 is 15.0 Å². The van der Waals surface area contributed by atoms with Crippen LogP contribution in [-0.4, -0.2) is 31.3 Å². The molecule has 5 heteroatoms. The van der Waals surface area contributed by atoms with Gasteiger partial charge in [-0.1, -0.05) is 17.7 Å². The second-order valence-electron chi connectivity index (χ2n) is 4.62. The van der Waals surface area contributed by atoms with Crippen molar-refractivity contribution in [2.45, 2.75) is 0 Å². The summed E-state index contributed by atoms with van der Waals surface area (Å²) in [5.41, 5.74) is 2.22. The predicted molar refractivity (Wildman–Crippen MR) is 82.0 cm³/mol. The predicted octanol–water partition coefficient (Wildman–Crippen LogP) is 3.32. The van der Waals surface area contributed by atoms with Crippen molar-refractivity contribution in [3.05, 3.63) is 47.6 Å². The van der Waals surface area contributed by atoms with Gasteiger partial charge in [-0.3, -0.25) is 0 Å². The Kier molecular flexibility index (Phi) is 4.04. The van der Waals surface area contributed by atoms with E-state index in [1.165, 1.54) is 5.69 Å². The summed E-state index contributed by atoms with van der Waals surface area (Å²) < 4.78 is 5.36. The topological polar surface area (TPSA) is 37.4 Å². The Morgan fingerprint density at radius 1 is 1.05 bits per heavy atom. The van der Waals surface area contributed by atoms with Gasteiger partial charge in [0.05, 0.1) is 13.2 Å². The van der Waals surface area contributed by atoms with Crippen molar-refractivity contribution in [2.24, 2.45) is 0 Å². The Morgan fingerprint density at radius 2 is 1.80 bits per heavy atom. The zero-order valence-corrected chi connectivity index (χ0v) is 11.8. The summed E-state index contributed by atoms with van der Waals surface area (Å²) in [6.45, 7) is 3.49. The number of ether oxygens (including phenoxy) is 1. The first kappa shape index (κ1) is 13.2. The lowest BCUT2D eigenvalue weighted by molar-refractivity contribution is 0.122. The van der Waals surface area contributed by atoms with Gasteiger partial charge in [-0.2, -0.15) is 0 Å². The van der Waals surface area contributed by atoms with E-state index < -0.39 is 0 Å². The number of hydrogen-bond donors (Lipinski definition) is 1. The van der Waals surface area contributed by atoms with Crippen molar-refractivity contribution < 1.29 is 4.74 Å². The van der Waals surface area contributed by atoms with Crippen molar-refractivity contribution in [1.82, 2.24) is 4.98 Å². The van der Waals surface area contributed by atoms with E-state index in [0.29, 0.717) is 5.15 Å². The highest BCUT2D eigenvalue weighted by atomic mass is 35.5. The van der Waals surface area contributed by atoms with E-state index in [4.69, 9.17) is 16.3 Å². The molecule has 0 spiro atoms. The first-order valence-corrected chi connectivity index (χ1v) is 7.01. The fraction of sp³-hybridized carbons (Fsp3) is 0.267. The smallest absolute Gasteiger partial charge is 0.132 e. The second-order valence-corrected chi connectivity index (χ2v) is 5.00. The minimum atomic E-state index is 0.486. The molecule has 0 atom stereocenters. The lowest BCUT2D eigenvalue weighted by atomic mass is 10.2. The van der Waals surface area contributed by atoms with Gasteiger partial charge in [0.1, 0.15) is 11.0 Å². The molecule has 1 aromatic heterocycles. The summed E-state index contributed by atoms with van der Waals surface area (Å²) in [6, 6.07) is 13.8. The normalized spacial score (nSPS) is 15.2. The highest BCUT2D eigenvalue weighted by Crippen LogP contribution is 2.21. The Labute approximate surface area is 123 Å². The fourth-order valence-corrected chi connectivity index (χ4v) is 2.37. The Hall–Kier alpha value is -1.78. The summed E-state index contributed by atoms with van der Waals surface area (Å²) in [7, 11) is 0. The number of benzene rings is 1. The first-order chi connectivity index (χ1) is 9.81. The third-order valence-electron chi connectivity index (χ3n) is 3.23. The van der Waals surface area contributed by atoms with Crippen LogP contribution in [0, 0.1) is 0 Å². The molecule has 2 aromatic rings. The molecule has 104 valence electrons. The molecule has 1 aromatic carbocycles. The van der Waals surface area contributed by atoms with Gasteiger partial charge in [0.25, 0.3) is 0 Å². The zero-order valence-electron chi connectivity index (χ0n) is 11.1. The van der Waals surface area contributed by atoms with Gasteiger partial charge in [-0.15, -0.1) is 0 Å². The van der Waals surface area contributed by atoms with Crippen LogP contribution in [0.5, 0.6) is 0 Å². The van der Waals surface area contributed by atoms with E-state index in [-0.39, 0.29) is 0 Å². The van der Waals surface area contributed by atoms with Crippen LogP contribution in [0.2, 0.25) is 5.15 Å². The summed E-state index contributed by atoms with van der Waals surface area (Å²) in [5, 5.41) is 3.72. The number of rotatable bonds is 3. The zero-order chi connectivity index (χ0) is 13.8. The van der Waals surface area contributed by atoms with Crippen LogP contribution in [0.25, 0.3) is 0 Å². The Bertz CT molecular complexity index is 568. The van der Waals surface area contributed by atoms with E-state index in [2.05, 4.69) is 27.3 Å². The maximum absolute atomic E-state index is 5.87. The highest BCUT2D eigenvalue weighted by Gasteiger charge is 2.10. The third-order valence-corrected chi connectivity index (χ3v) is 3.44. The maximum atomic E-state index is 5.87. The van der Waals surface area contributed by atoms with E-state index in [1.807, 2.05) is 24.3 Å². The largest absolute Gasteiger partial charge is 0.378 e. The third kappa shape index (κ3) is 3.21. The minimum absolute atomic E-state index is 0.486. The van der Waals surface area contributed by atoms with Crippen molar-refractivity contribution in [3.63, 3.8) is 0 Å². The molecule has 0 aliphatic carbocycles. The molecule has 1 aliphatic rings. The molecule has 1 aliphatic heterocycles.